The third-order valence-electron chi connectivity index (χ3n) is 2.99. The van der Waals surface area contributed by atoms with E-state index in [1.807, 2.05) is 0 Å². The Morgan fingerprint density at radius 1 is 1.53 bits per heavy atom. The molecule has 0 radical (unpaired) electrons. The molecule has 1 amide bonds. The van der Waals surface area contributed by atoms with Crippen LogP contribution in [0, 0.1) is 10.1 Å². The number of benzene rings is 1. The number of carbonyl (C=O) groups is 1. The Kier molecular flexibility index (Phi) is 4.49. The Hall–Kier alpha value is -1.66. The molecule has 0 fully saturated rings. The molecule has 0 unspecified atom stereocenters. The number of aliphatic hydroxyl groups is 1. The molecule has 0 aliphatic carbocycles. The van der Waals surface area contributed by atoms with Crippen LogP contribution in [-0.2, 0) is 0 Å². The fourth-order valence-electron chi connectivity index (χ4n) is 1.35. The van der Waals surface area contributed by atoms with Gasteiger partial charge in [0.1, 0.15) is 0 Å². The standard InChI is InChI=1S/C12H15ClN2O4/c1-12(2,7-16)14(3)11(17)9-6-8(15(18)19)4-5-10(9)13/h4-6,16H,7H2,1-3H3. The lowest BCUT2D eigenvalue weighted by atomic mass is 10.0. The van der Waals surface area contributed by atoms with E-state index in [2.05, 4.69) is 0 Å². The number of amides is 1. The number of non-ortho nitro benzene ring substituents is 1. The second-order valence-electron chi connectivity index (χ2n) is 4.76. The van der Waals surface area contributed by atoms with Gasteiger partial charge < -0.3 is 10.0 Å². The summed E-state index contributed by atoms with van der Waals surface area (Å²) in [6.45, 7) is 3.12. The molecule has 6 nitrogen and oxygen atoms in total. The highest BCUT2D eigenvalue weighted by atomic mass is 35.5. The second kappa shape index (κ2) is 5.54. The van der Waals surface area contributed by atoms with Crippen LogP contribution in [0.1, 0.15) is 24.2 Å². The largest absolute Gasteiger partial charge is 0.394 e. The van der Waals surface area contributed by atoms with Crippen LogP contribution in [0.5, 0.6) is 0 Å². The van der Waals surface area contributed by atoms with E-state index in [1.54, 1.807) is 13.8 Å². The highest BCUT2D eigenvalue weighted by Crippen LogP contribution is 2.25. The number of nitrogens with zero attached hydrogens (tertiary/aromatic N) is 2. The Balaban J connectivity index is 3.19. The second-order valence-corrected chi connectivity index (χ2v) is 5.16. The molecule has 1 aromatic rings. The van der Waals surface area contributed by atoms with E-state index in [9.17, 15) is 20.0 Å². The topological polar surface area (TPSA) is 83.7 Å². The van der Waals surface area contributed by atoms with Crippen LogP contribution in [0.2, 0.25) is 5.02 Å². The molecular formula is C12H15ClN2O4. The zero-order valence-corrected chi connectivity index (χ0v) is 11.6. The van der Waals surface area contributed by atoms with Crippen molar-refractivity contribution in [2.45, 2.75) is 19.4 Å². The van der Waals surface area contributed by atoms with Crippen LogP contribution >= 0.6 is 11.6 Å². The van der Waals surface area contributed by atoms with Gasteiger partial charge in [0, 0.05) is 19.2 Å². The number of hydrogen-bond donors (Lipinski definition) is 1. The Labute approximate surface area is 115 Å². The van der Waals surface area contributed by atoms with Crippen LogP contribution in [0.15, 0.2) is 18.2 Å². The normalized spacial score (nSPS) is 11.2. The summed E-state index contributed by atoms with van der Waals surface area (Å²) in [6, 6.07) is 3.68. The minimum Gasteiger partial charge on any atom is -0.394 e. The Bertz CT molecular complexity index is 516. The van der Waals surface area contributed by atoms with Crippen LogP contribution in [0.4, 0.5) is 5.69 Å². The van der Waals surface area contributed by atoms with E-state index >= 15 is 0 Å². The molecule has 0 aliphatic heterocycles. The number of likely N-dealkylation sites (N-methyl/N-ethyl adjacent to an activating group) is 1. The molecule has 0 atom stereocenters. The van der Waals surface area contributed by atoms with Crippen molar-refractivity contribution in [3.8, 4) is 0 Å². The van der Waals surface area contributed by atoms with Gasteiger partial charge in [-0.05, 0) is 19.9 Å². The molecular weight excluding hydrogens is 272 g/mol. The highest BCUT2D eigenvalue weighted by molar-refractivity contribution is 6.33. The van der Waals surface area contributed by atoms with E-state index < -0.39 is 16.4 Å². The van der Waals surface area contributed by atoms with Crippen molar-refractivity contribution in [3.05, 3.63) is 38.9 Å². The van der Waals surface area contributed by atoms with Gasteiger partial charge in [0.2, 0.25) is 0 Å². The number of aliphatic hydroxyl groups excluding tert-OH is 1. The fourth-order valence-corrected chi connectivity index (χ4v) is 1.55. The summed E-state index contributed by atoms with van der Waals surface area (Å²) in [5, 5.41) is 20.1. The lowest BCUT2D eigenvalue weighted by Crippen LogP contribution is -2.47. The number of rotatable bonds is 4. The van der Waals surface area contributed by atoms with Crippen molar-refractivity contribution >= 4 is 23.2 Å². The predicted octanol–water partition coefficient (Wildman–Crippen LogP) is 2.09. The van der Waals surface area contributed by atoms with Gasteiger partial charge in [0.25, 0.3) is 11.6 Å². The van der Waals surface area contributed by atoms with E-state index in [0.29, 0.717) is 0 Å². The molecule has 19 heavy (non-hydrogen) atoms. The summed E-state index contributed by atoms with van der Waals surface area (Å²) in [6.07, 6.45) is 0. The smallest absolute Gasteiger partial charge is 0.270 e. The summed E-state index contributed by atoms with van der Waals surface area (Å²) in [5.74, 6) is -0.479. The van der Waals surface area contributed by atoms with Crippen LogP contribution in [-0.4, -0.2) is 40.0 Å². The predicted molar refractivity (Wildman–Crippen MR) is 71.4 cm³/mol. The van der Waals surface area contributed by atoms with Crippen molar-refractivity contribution in [2.75, 3.05) is 13.7 Å². The van der Waals surface area contributed by atoms with Gasteiger partial charge in [0.05, 0.1) is 27.7 Å². The molecule has 0 aromatic heterocycles. The molecule has 0 spiro atoms. The summed E-state index contributed by atoms with van der Waals surface area (Å²) < 4.78 is 0. The van der Waals surface area contributed by atoms with Crippen molar-refractivity contribution in [1.82, 2.24) is 4.90 Å². The zero-order chi connectivity index (χ0) is 14.8. The molecule has 1 rings (SSSR count). The maximum absolute atomic E-state index is 12.3. The fraction of sp³-hybridized carbons (Fsp3) is 0.417. The molecule has 0 saturated heterocycles. The SMILES string of the molecule is CN(C(=O)c1cc([N+](=O)[O-])ccc1Cl)C(C)(C)CO. The van der Waals surface area contributed by atoms with Gasteiger partial charge in [-0.3, -0.25) is 14.9 Å². The first-order valence-electron chi connectivity index (χ1n) is 5.53. The van der Waals surface area contributed by atoms with Crippen molar-refractivity contribution in [2.24, 2.45) is 0 Å². The molecule has 104 valence electrons. The first-order valence-corrected chi connectivity index (χ1v) is 5.91. The molecule has 1 aromatic carbocycles. The van der Waals surface area contributed by atoms with E-state index in [4.69, 9.17) is 11.6 Å². The van der Waals surface area contributed by atoms with Gasteiger partial charge in [-0.2, -0.15) is 0 Å². The van der Waals surface area contributed by atoms with E-state index in [1.165, 1.54) is 24.1 Å². The first-order chi connectivity index (χ1) is 8.70. The maximum atomic E-state index is 12.3. The maximum Gasteiger partial charge on any atom is 0.270 e. The number of nitro benzene ring substituents is 1. The van der Waals surface area contributed by atoms with Gasteiger partial charge in [-0.25, -0.2) is 0 Å². The summed E-state index contributed by atoms with van der Waals surface area (Å²) in [4.78, 5) is 23.7. The summed E-state index contributed by atoms with van der Waals surface area (Å²) in [7, 11) is 1.51. The molecule has 7 heteroatoms. The van der Waals surface area contributed by atoms with Crippen LogP contribution in [0.3, 0.4) is 0 Å². The van der Waals surface area contributed by atoms with E-state index in [0.717, 1.165) is 6.07 Å². The molecule has 0 bridgehead atoms. The Morgan fingerprint density at radius 3 is 2.58 bits per heavy atom. The van der Waals surface area contributed by atoms with Crippen molar-refractivity contribution in [3.63, 3.8) is 0 Å². The van der Waals surface area contributed by atoms with Crippen LogP contribution in [0.25, 0.3) is 0 Å². The third kappa shape index (κ3) is 3.21. The van der Waals surface area contributed by atoms with Crippen LogP contribution < -0.4 is 0 Å². The average molecular weight is 287 g/mol. The minimum absolute atomic E-state index is 0.0416. The molecule has 0 heterocycles. The molecule has 1 N–H and O–H groups in total. The molecule has 0 aliphatic rings. The van der Waals surface area contributed by atoms with Gasteiger partial charge in [0.15, 0.2) is 0 Å². The summed E-state index contributed by atoms with van der Waals surface area (Å²) >= 11 is 5.90. The lowest BCUT2D eigenvalue weighted by Gasteiger charge is -2.34. The van der Waals surface area contributed by atoms with Gasteiger partial charge in [-0.1, -0.05) is 11.6 Å². The number of halogens is 1. The highest BCUT2D eigenvalue weighted by Gasteiger charge is 2.29. The molecule has 0 saturated carbocycles. The van der Waals surface area contributed by atoms with Gasteiger partial charge in [-0.15, -0.1) is 0 Å². The van der Waals surface area contributed by atoms with E-state index in [-0.39, 0.29) is 22.9 Å². The average Bonchev–Trinajstić information content (AvgIpc) is 2.37. The number of hydrogen-bond acceptors (Lipinski definition) is 4. The van der Waals surface area contributed by atoms with Crippen molar-refractivity contribution in [1.29, 1.82) is 0 Å². The monoisotopic (exact) mass is 286 g/mol. The Morgan fingerprint density at radius 2 is 2.11 bits per heavy atom. The third-order valence-corrected chi connectivity index (χ3v) is 3.32. The minimum atomic E-state index is -0.787. The first kappa shape index (κ1) is 15.4. The number of nitro groups is 1. The lowest BCUT2D eigenvalue weighted by molar-refractivity contribution is -0.384. The summed E-state index contributed by atoms with van der Waals surface area (Å²) in [5.41, 5.74) is -0.951. The van der Waals surface area contributed by atoms with Crippen molar-refractivity contribution < 1.29 is 14.8 Å². The zero-order valence-electron chi connectivity index (χ0n) is 10.9. The number of carbonyl (C=O) groups excluding carboxylic acids is 1. The quantitative estimate of drug-likeness (QED) is 0.678. The van der Waals surface area contributed by atoms with Gasteiger partial charge >= 0.3 is 0 Å².